The smallest absolute Gasteiger partial charge is 0.242 e. The third-order valence-corrected chi connectivity index (χ3v) is 6.91. The predicted octanol–water partition coefficient (Wildman–Crippen LogP) is 5.82. The van der Waals surface area contributed by atoms with Gasteiger partial charge in [0, 0.05) is 17.1 Å². The molecular formula is C26H24ClN3O3S. The number of rotatable bonds is 7. The fourth-order valence-corrected chi connectivity index (χ4v) is 4.79. The molecule has 1 fully saturated rings. The van der Waals surface area contributed by atoms with Crippen LogP contribution in [0.5, 0.6) is 5.75 Å². The molecule has 1 saturated heterocycles. The lowest BCUT2D eigenvalue weighted by Crippen LogP contribution is -2.33. The van der Waals surface area contributed by atoms with Crippen molar-refractivity contribution in [3.05, 3.63) is 88.9 Å². The molecule has 0 aliphatic carbocycles. The molecule has 34 heavy (non-hydrogen) atoms. The molecule has 1 aliphatic heterocycles. The number of amidine groups is 1. The van der Waals surface area contributed by atoms with Crippen LogP contribution in [0.4, 0.5) is 11.4 Å². The maximum atomic E-state index is 13.3. The van der Waals surface area contributed by atoms with E-state index < -0.39 is 5.25 Å². The van der Waals surface area contributed by atoms with Gasteiger partial charge in [-0.25, -0.2) is 4.99 Å². The van der Waals surface area contributed by atoms with Gasteiger partial charge in [0.2, 0.25) is 11.8 Å². The number of methoxy groups -OCH3 is 1. The summed E-state index contributed by atoms with van der Waals surface area (Å²) < 4.78 is 5.21. The number of halogens is 1. The number of nitrogens with one attached hydrogen (secondary N) is 1. The normalized spacial score (nSPS) is 16.7. The number of nitrogens with zero attached hydrogens (tertiary/aromatic N) is 2. The van der Waals surface area contributed by atoms with Gasteiger partial charge < -0.3 is 10.1 Å². The van der Waals surface area contributed by atoms with E-state index in [0.717, 1.165) is 16.9 Å². The molecule has 3 aromatic rings. The van der Waals surface area contributed by atoms with Gasteiger partial charge in [-0.1, -0.05) is 59.8 Å². The third kappa shape index (κ3) is 5.79. The molecule has 8 heteroatoms. The van der Waals surface area contributed by atoms with Gasteiger partial charge in [0.1, 0.15) is 11.0 Å². The first kappa shape index (κ1) is 23.9. The standard InChI is InChI=1S/C26H24ClN3O3S/c1-17-8-9-20(14-22(17)27)28-24(31)15-23-25(32)30(16-18-6-4-3-5-7-18)26(34-23)29-19-10-12-21(33-2)13-11-19/h3-14,23H,15-16H2,1-2H3,(H,28,31). The zero-order valence-electron chi connectivity index (χ0n) is 18.8. The zero-order chi connectivity index (χ0) is 24.1. The van der Waals surface area contributed by atoms with Crippen LogP contribution in [-0.4, -0.2) is 34.2 Å². The van der Waals surface area contributed by atoms with Crippen LogP contribution >= 0.6 is 23.4 Å². The highest BCUT2D eigenvalue weighted by molar-refractivity contribution is 8.15. The molecule has 0 spiro atoms. The largest absolute Gasteiger partial charge is 0.497 e. The monoisotopic (exact) mass is 493 g/mol. The summed E-state index contributed by atoms with van der Waals surface area (Å²) in [5.74, 6) is 0.334. The Hall–Kier alpha value is -3.29. The number of thioether (sulfide) groups is 1. The van der Waals surface area contributed by atoms with Gasteiger partial charge in [-0.3, -0.25) is 14.5 Å². The van der Waals surface area contributed by atoms with E-state index in [9.17, 15) is 9.59 Å². The fraction of sp³-hybridized carbons (Fsp3) is 0.192. The number of amides is 2. The van der Waals surface area contributed by atoms with Crippen molar-refractivity contribution in [1.82, 2.24) is 4.90 Å². The van der Waals surface area contributed by atoms with E-state index in [1.54, 1.807) is 24.1 Å². The molecule has 0 radical (unpaired) electrons. The average Bonchev–Trinajstić information content (AvgIpc) is 3.11. The third-order valence-electron chi connectivity index (χ3n) is 5.33. The molecule has 1 unspecified atom stereocenters. The van der Waals surface area contributed by atoms with E-state index in [1.165, 1.54) is 11.8 Å². The summed E-state index contributed by atoms with van der Waals surface area (Å²) in [6.45, 7) is 2.28. The van der Waals surface area contributed by atoms with Crippen molar-refractivity contribution in [2.24, 2.45) is 4.99 Å². The molecule has 1 aliphatic rings. The summed E-state index contributed by atoms with van der Waals surface area (Å²) in [7, 11) is 1.61. The van der Waals surface area contributed by atoms with E-state index >= 15 is 0 Å². The number of carbonyl (C=O) groups is 2. The molecule has 0 aromatic heterocycles. The van der Waals surface area contributed by atoms with Gasteiger partial charge >= 0.3 is 0 Å². The molecular weight excluding hydrogens is 470 g/mol. The van der Waals surface area contributed by atoms with E-state index in [0.29, 0.717) is 28.1 Å². The van der Waals surface area contributed by atoms with E-state index in [2.05, 4.69) is 5.32 Å². The molecule has 4 rings (SSSR count). The van der Waals surface area contributed by atoms with Gasteiger partial charge in [0.15, 0.2) is 5.17 Å². The fourth-order valence-electron chi connectivity index (χ4n) is 3.45. The van der Waals surface area contributed by atoms with Crippen LogP contribution in [0.1, 0.15) is 17.5 Å². The molecule has 2 amide bonds. The average molecular weight is 494 g/mol. The van der Waals surface area contributed by atoms with Gasteiger partial charge in [-0.2, -0.15) is 0 Å². The van der Waals surface area contributed by atoms with Crippen LogP contribution in [0.15, 0.2) is 77.8 Å². The Bertz CT molecular complexity index is 1220. The highest BCUT2D eigenvalue weighted by Crippen LogP contribution is 2.33. The first-order valence-electron chi connectivity index (χ1n) is 10.7. The number of hydrogen-bond donors (Lipinski definition) is 1. The van der Waals surface area contributed by atoms with E-state index in [4.69, 9.17) is 21.3 Å². The predicted molar refractivity (Wildman–Crippen MR) is 138 cm³/mol. The summed E-state index contributed by atoms with van der Waals surface area (Å²) in [5.41, 5.74) is 3.22. The highest BCUT2D eigenvalue weighted by atomic mass is 35.5. The Balaban J connectivity index is 1.53. The van der Waals surface area contributed by atoms with Crippen molar-refractivity contribution in [2.75, 3.05) is 12.4 Å². The molecule has 174 valence electrons. The Kier molecular flexibility index (Phi) is 7.55. The van der Waals surface area contributed by atoms with Crippen molar-refractivity contribution in [3.63, 3.8) is 0 Å². The lowest BCUT2D eigenvalue weighted by atomic mass is 10.2. The van der Waals surface area contributed by atoms with Crippen molar-refractivity contribution in [2.45, 2.75) is 25.1 Å². The number of benzene rings is 3. The molecule has 0 saturated carbocycles. The van der Waals surface area contributed by atoms with Gasteiger partial charge in [-0.05, 0) is 54.4 Å². The molecule has 1 heterocycles. The first-order valence-corrected chi connectivity index (χ1v) is 12.0. The number of aliphatic imine (C=N–C) groups is 1. The van der Waals surface area contributed by atoms with Crippen molar-refractivity contribution in [1.29, 1.82) is 0 Å². The van der Waals surface area contributed by atoms with Gasteiger partial charge in [0.05, 0.1) is 19.3 Å². The summed E-state index contributed by atoms with van der Waals surface area (Å²) in [6, 6.07) is 22.4. The summed E-state index contributed by atoms with van der Waals surface area (Å²) >= 11 is 7.47. The molecule has 1 N–H and O–H groups in total. The second-order valence-electron chi connectivity index (χ2n) is 7.83. The van der Waals surface area contributed by atoms with Crippen molar-refractivity contribution >= 4 is 51.7 Å². The quantitative estimate of drug-likeness (QED) is 0.450. The summed E-state index contributed by atoms with van der Waals surface area (Å²) in [5, 5.41) is 3.41. The topological polar surface area (TPSA) is 71.0 Å². The molecule has 0 bridgehead atoms. The van der Waals surface area contributed by atoms with Crippen molar-refractivity contribution < 1.29 is 14.3 Å². The number of aryl methyl sites for hydroxylation is 1. The second kappa shape index (κ2) is 10.8. The highest BCUT2D eigenvalue weighted by Gasteiger charge is 2.39. The minimum Gasteiger partial charge on any atom is -0.497 e. The second-order valence-corrected chi connectivity index (χ2v) is 9.40. The molecule has 6 nitrogen and oxygen atoms in total. The Morgan fingerprint density at radius 3 is 2.53 bits per heavy atom. The zero-order valence-corrected chi connectivity index (χ0v) is 20.4. The summed E-state index contributed by atoms with van der Waals surface area (Å²) in [4.78, 5) is 32.4. The lowest BCUT2D eigenvalue weighted by Gasteiger charge is -2.16. The van der Waals surface area contributed by atoms with Crippen LogP contribution in [0, 0.1) is 6.92 Å². The van der Waals surface area contributed by atoms with Gasteiger partial charge in [-0.15, -0.1) is 0 Å². The van der Waals surface area contributed by atoms with Crippen LogP contribution in [0.25, 0.3) is 0 Å². The van der Waals surface area contributed by atoms with E-state index in [-0.39, 0.29) is 18.2 Å². The van der Waals surface area contributed by atoms with Crippen LogP contribution in [-0.2, 0) is 16.1 Å². The minimum atomic E-state index is -0.568. The maximum Gasteiger partial charge on any atom is 0.242 e. The molecule has 3 aromatic carbocycles. The maximum absolute atomic E-state index is 13.3. The van der Waals surface area contributed by atoms with Crippen LogP contribution in [0.3, 0.4) is 0 Å². The molecule has 1 atom stereocenters. The van der Waals surface area contributed by atoms with Gasteiger partial charge in [0.25, 0.3) is 0 Å². The van der Waals surface area contributed by atoms with Crippen LogP contribution in [0.2, 0.25) is 5.02 Å². The van der Waals surface area contributed by atoms with Crippen LogP contribution < -0.4 is 10.1 Å². The summed E-state index contributed by atoms with van der Waals surface area (Å²) in [6.07, 6.45) is 0.0297. The van der Waals surface area contributed by atoms with E-state index in [1.807, 2.05) is 67.6 Å². The number of carbonyl (C=O) groups excluding carboxylic acids is 2. The number of anilines is 1. The van der Waals surface area contributed by atoms with Crippen molar-refractivity contribution in [3.8, 4) is 5.75 Å². The SMILES string of the molecule is COc1ccc(N=C2SC(CC(=O)Nc3ccc(C)c(Cl)c3)C(=O)N2Cc2ccccc2)cc1. The Morgan fingerprint density at radius 1 is 1.12 bits per heavy atom. The Labute approximate surface area is 208 Å². The first-order chi connectivity index (χ1) is 16.4. The number of ether oxygens (including phenoxy) is 1. The lowest BCUT2D eigenvalue weighted by molar-refractivity contribution is -0.128. The minimum absolute atomic E-state index is 0.0297. The Morgan fingerprint density at radius 2 is 1.85 bits per heavy atom. The number of hydrogen-bond acceptors (Lipinski definition) is 5.